The lowest BCUT2D eigenvalue weighted by atomic mass is 10.1. The van der Waals surface area contributed by atoms with Crippen LogP contribution in [0.15, 0.2) is 24.4 Å². The standard InChI is InChI=1S/C12H18N6O/c1-3-8-18-10(6-7-14-18)12(15-13)9-4-5-11(19-2)17-16-9/h4-7,12,15H,3,8,13H2,1-2H3. The van der Waals surface area contributed by atoms with Crippen molar-refractivity contribution < 1.29 is 4.74 Å². The summed E-state index contributed by atoms with van der Waals surface area (Å²) >= 11 is 0. The Balaban J connectivity index is 2.29. The highest BCUT2D eigenvalue weighted by Gasteiger charge is 2.18. The second-order valence-electron chi connectivity index (χ2n) is 4.08. The number of nitrogens with one attached hydrogen (secondary N) is 1. The van der Waals surface area contributed by atoms with Crippen LogP contribution in [0.1, 0.15) is 30.8 Å². The summed E-state index contributed by atoms with van der Waals surface area (Å²) in [4.78, 5) is 0. The van der Waals surface area contributed by atoms with Crippen LogP contribution in [0.25, 0.3) is 0 Å². The number of ether oxygens (including phenoxy) is 1. The molecule has 0 saturated carbocycles. The molecule has 2 aromatic heterocycles. The van der Waals surface area contributed by atoms with E-state index in [-0.39, 0.29) is 6.04 Å². The van der Waals surface area contributed by atoms with Crippen molar-refractivity contribution in [3.8, 4) is 5.88 Å². The first kappa shape index (κ1) is 13.4. The number of aromatic nitrogens is 4. The maximum Gasteiger partial charge on any atom is 0.233 e. The minimum atomic E-state index is -0.243. The Morgan fingerprint density at radius 3 is 2.79 bits per heavy atom. The zero-order valence-corrected chi connectivity index (χ0v) is 11.1. The van der Waals surface area contributed by atoms with E-state index in [0.717, 1.165) is 24.4 Å². The van der Waals surface area contributed by atoms with Gasteiger partial charge in [0.15, 0.2) is 0 Å². The van der Waals surface area contributed by atoms with Gasteiger partial charge in [0.25, 0.3) is 0 Å². The molecule has 7 nitrogen and oxygen atoms in total. The summed E-state index contributed by atoms with van der Waals surface area (Å²) in [6.07, 6.45) is 2.76. The zero-order chi connectivity index (χ0) is 13.7. The van der Waals surface area contributed by atoms with E-state index in [9.17, 15) is 0 Å². The molecule has 3 N–H and O–H groups in total. The molecule has 0 aliphatic heterocycles. The van der Waals surface area contributed by atoms with Crippen LogP contribution in [-0.2, 0) is 6.54 Å². The molecule has 0 spiro atoms. The fraction of sp³-hybridized carbons (Fsp3) is 0.417. The summed E-state index contributed by atoms with van der Waals surface area (Å²) in [5.41, 5.74) is 4.44. The van der Waals surface area contributed by atoms with Gasteiger partial charge in [-0.1, -0.05) is 6.92 Å². The number of hydrogen-bond acceptors (Lipinski definition) is 6. The Bertz CT molecular complexity index is 509. The van der Waals surface area contributed by atoms with Crippen LogP contribution >= 0.6 is 0 Å². The summed E-state index contributed by atoms with van der Waals surface area (Å²) in [6.45, 7) is 2.94. The predicted octanol–water partition coefficient (Wildman–Crippen LogP) is 0.644. The molecule has 0 bridgehead atoms. The molecule has 7 heteroatoms. The van der Waals surface area contributed by atoms with E-state index >= 15 is 0 Å². The highest BCUT2D eigenvalue weighted by Crippen LogP contribution is 2.20. The van der Waals surface area contributed by atoms with Crippen molar-refractivity contribution in [2.45, 2.75) is 25.9 Å². The predicted molar refractivity (Wildman–Crippen MR) is 70.3 cm³/mol. The summed E-state index contributed by atoms with van der Waals surface area (Å²) < 4.78 is 6.91. The van der Waals surface area contributed by atoms with Gasteiger partial charge in [0.2, 0.25) is 5.88 Å². The van der Waals surface area contributed by atoms with Gasteiger partial charge in [0.05, 0.1) is 18.5 Å². The number of hydrogen-bond donors (Lipinski definition) is 2. The number of aryl methyl sites for hydroxylation is 1. The quantitative estimate of drug-likeness (QED) is 0.586. The molecule has 0 fully saturated rings. The van der Waals surface area contributed by atoms with Gasteiger partial charge in [0, 0.05) is 18.8 Å². The average molecular weight is 262 g/mol. The highest BCUT2D eigenvalue weighted by molar-refractivity contribution is 5.22. The van der Waals surface area contributed by atoms with Crippen molar-refractivity contribution in [2.75, 3.05) is 7.11 Å². The highest BCUT2D eigenvalue weighted by atomic mass is 16.5. The third-order valence-electron chi connectivity index (χ3n) is 2.81. The minimum Gasteiger partial charge on any atom is -0.480 e. The van der Waals surface area contributed by atoms with Crippen molar-refractivity contribution in [1.82, 2.24) is 25.4 Å². The topological polar surface area (TPSA) is 90.9 Å². The van der Waals surface area contributed by atoms with E-state index in [1.165, 1.54) is 0 Å². The van der Waals surface area contributed by atoms with Gasteiger partial charge in [-0.25, -0.2) is 5.43 Å². The maximum atomic E-state index is 5.64. The van der Waals surface area contributed by atoms with E-state index in [1.54, 1.807) is 19.4 Å². The Labute approximate surface area is 111 Å². The van der Waals surface area contributed by atoms with Crippen molar-refractivity contribution in [3.63, 3.8) is 0 Å². The maximum absolute atomic E-state index is 5.64. The van der Waals surface area contributed by atoms with Gasteiger partial charge in [-0.05, 0) is 18.6 Å². The second kappa shape index (κ2) is 6.26. The second-order valence-corrected chi connectivity index (χ2v) is 4.08. The Morgan fingerprint density at radius 1 is 1.37 bits per heavy atom. The molecule has 2 rings (SSSR count). The first-order valence-corrected chi connectivity index (χ1v) is 6.15. The summed E-state index contributed by atoms with van der Waals surface area (Å²) in [5.74, 6) is 6.12. The third kappa shape index (κ3) is 2.88. The Hall–Kier alpha value is -1.99. The number of hydrazine groups is 1. The average Bonchev–Trinajstić information content (AvgIpc) is 2.89. The molecule has 0 saturated heterocycles. The number of methoxy groups -OCH3 is 1. The van der Waals surface area contributed by atoms with Crippen molar-refractivity contribution in [3.05, 3.63) is 35.8 Å². The normalized spacial score (nSPS) is 12.4. The van der Waals surface area contributed by atoms with Gasteiger partial charge in [-0.15, -0.1) is 10.2 Å². The molecule has 1 unspecified atom stereocenters. The monoisotopic (exact) mass is 262 g/mol. The molecule has 0 amide bonds. The lowest BCUT2D eigenvalue weighted by Gasteiger charge is -2.16. The summed E-state index contributed by atoms with van der Waals surface area (Å²) in [5, 5.41) is 12.4. The van der Waals surface area contributed by atoms with Crippen molar-refractivity contribution >= 4 is 0 Å². The molecular formula is C12H18N6O. The zero-order valence-electron chi connectivity index (χ0n) is 11.1. The summed E-state index contributed by atoms with van der Waals surface area (Å²) in [7, 11) is 1.55. The van der Waals surface area contributed by atoms with Gasteiger partial charge < -0.3 is 4.74 Å². The Morgan fingerprint density at radius 2 is 2.21 bits per heavy atom. The number of nitrogens with two attached hydrogens (primary N) is 1. The Kier molecular flexibility index (Phi) is 4.43. The van der Waals surface area contributed by atoms with Crippen LogP contribution in [0.4, 0.5) is 0 Å². The molecule has 2 heterocycles. The van der Waals surface area contributed by atoms with E-state index in [4.69, 9.17) is 10.6 Å². The molecular weight excluding hydrogens is 244 g/mol. The fourth-order valence-electron chi connectivity index (χ4n) is 1.90. The molecule has 0 radical (unpaired) electrons. The first-order valence-electron chi connectivity index (χ1n) is 6.15. The third-order valence-corrected chi connectivity index (χ3v) is 2.81. The minimum absolute atomic E-state index is 0.243. The van der Waals surface area contributed by atoms with E-state index in [0.29, 0.717) is 5.88 Å². The van der Waals surface area contributed by atoms with Crippen molar-refractivity contribution in [2.24, 2.45) is 5.84 Å². The number of rotatable bonds is 6. The first-order chi connectivity index (χ1) is 9.30. The molecule has 102 valence electrons. The smallest absolute Gasteiger partial charge is 0.233 e. The van der Waals surface area contributed by atoms with Crippen LogP contribution < -0.4 is 16.0 Å². The molecule has 0 aliphatic carbocycles. The van der Waals surface area contributed by atoms with E-state index < -0.39 is 0 Å². The van der Waals surface area contributed by atoms with Gasteiger partial charge >= 0.3 is 0 Å². The summed E-state index contributed by atoms with van der Waals surface area (Å²) in [6, 6.07) is 5.27. The lowest BCUT2D eigenvalue weighted by Crippen LogP contribution is -2.31. The fourth-order valence-corrected chi connectivity index (χ4v) is 1.90. The lowest BCUT2D eigenvalue weighted by molar-refractivity contribution is 0.389. The van der Waals surface area contributed by atoms with Crippen LogP contribution in [-0.4, -0.2) is 27.1 Å². The van der Waals surface area contributed by atoms with Crippen molar-refractivity contribution in [1.29, 1.82) is 0 Å². The van der Waals surface area contributed by atoms with Crippen LogP contribution in [0.3, 0.4) is 0 Å². The largest absolute Gasteiger partial charge is 0.480 e. The van der Waals surface area contributed by atoms with Crippen LogP contribution in [0.5, 0.6) is 5.88 Å². The molecule has 1 atom stereocenters. The van der Waals surface area contributed by atoms with Crippen LogP contribution in [0, 0.1) is 0 Å². The van der Waals surface area contributed by atoms with E-state index in [1.807, 2.05) is 16.8 Å². The molecule has 0 aliphatic rings. The SMILES string of the molecule is CCCn1nccc1C(NN)c1ccc(OC)nn1. The van der Waals surface area contributed by atoms with Gasteiger partial charge in [-0.2, -0.15) is 5.10 Å². The van der Waals surface area contributed by atoms with Gasteiger partial charge in [0.1, 0.15) is 6.04 Å². The van der Waals surface area contributed by atoms with Gasteiger partial charge in [-0.3, -0.25) is 10.5 Å². The number of nitrogens with zero attached hydrogens (tertiary/aromatic N) is 4. The molecule has 2 aromatic rings. The van der Waals surface area contributed by atoms with E-state index in [2.05, 4.69) is 27.6 Å². The van der Waals surface area contributed by atoms with Crippen LogP contribution in [0.2, 0.25) is 0 Å². The molecule has 19 heavy (non-hydrogen) atoms. The molecule has 0 aromatic carbocycles.